The Labute approximate surface area is 84.2 Å². The van der Waals surface area contributed by atoms with Crippen LogP contribution < -0.4 is 10.6 Å². The van der Waals surface area contributed by atoms with Crippen molar-refractivity contribution in [3.63, 3.8) is 0 Å². The van der Waals surface area contributed by atoms with Gasteiger partial charge >= 0.3 is 0 Å². The fraction of sp³-hybridized carbons (Fsp3) is 0.364. The molecule has 2 rings (SSSR count). The molecule has 14 heavy (non-hydrogen) atoms. The number of anilines is 1. The SMILES string of the molecule is Cc1nc(N2CC=CC2)ccc1CN. The van der Waals surface area contributed by atoms with Gasteiger partial charge in [-0.15, -0.1) is 0 Å². The quantitative estimate of drug-likeness (QED) is 0.711. The molecule has 1 aromatic rings. The van der Waals surface area contributed by atoms with Gasteiger partial charge in [-0.1, -0.05) is 18.2 Å². The third-order valence-electron chi connectivity index (χ3n) is 2.54. The molecule has 1 aliphatic rings. The van der Waals surface area contributed by atoms with Crippen LogP contribution in [0.4, 0.5) is 5.82 Å². The minimum absolute atomic E-state index is 0.567. The number of nitrogens with two attached hydrogens (primary N) is 1. The number of hydrogen-bond acceptors (Lipinski definition) is 3. The molecule has 3 heteroatoms. The fourth-order valence-corrected chi connectivity index (χ4v) is 1.63. The van der Waals surface area contributed by atoms with E-state index in [9.17, 15) is 0 Å². The lowest BCUT2D eigenvalue weighted by Gasteiger charge is -2.17. The third kappa shape index (κ3) is 1.63. The highest BCUT2D eigenvalue weighted by Crippen LogP contribution is 2.16. The third-order valence-corrected chi connectivity index (χ3v) is 2.54. The lowest BCUT2D eigenvalue weighted by molar-refractivity contribution is 0.936. The molecular formula is C11H15N3. The van der Waals surface area contributed by atoms with E-state index >= 15 is 0 Å². The van der Waals surface area contributed by atoms with Gasteiger partial charge in [-0.2, -0.15) is 0 Å². The zero-order valence-electron chi connectivity index (χ0n) is 8.40. The Balaban J connectivity index is 2.23. The van der Waals surface area contributed by atoms with Gasteiger partial charge in [-0.3, -0.25) is 0 Å². The van der Waals surface area contributed by atoms with Crippen molar-refractivity contribution in [2.24, 2.45) is 5.73 Å². The summed E-state index contributed by atoms with van der Waals surface area (Å²) in [6.45, 7) is 4.51. The van der Waals surface area contributed by atoms with E-state index in [2.05, 4.69) is 28.1 Å². The molecule has 0 aliphatic carbocycles. The average molecular weight is 189 g/mol. The van der Waals surface area contributed by atoms with Crippen molar-refractivity contribution in [3.05, 3.63) is 35.5 Å². The van der Waals surface area contributed by atoms with Crippen LogP contribution in [-0.2, 0) is 6.54 Å². The molecule has 0 fully saturated rings. The molecule has 0 radical (unpaired) electrons. The number of nitrogens with zero attached hydrogens (tertiary/aromatic N) is 2. The summed E-state index contributed by atoms with van der Waals surface area (Å²) < 4.78 is 0. The van der Waals surface area contributed by atoms with E-state index in [0.29, 0.717) is 6.54 Å². The van der Waals surface area contributed by atoms with E-state index < -0.39 is 0 Å². The molecule has 0 aromatic carbocycles. The van der Waals surface area contributed by atoms with E-state index in [1.807, 2.05) is 13.0 Å². The van der Waals surface area contributed by atoms with E-state index in [0.717, 1.165) is 30.2 Å². The highest BCUT2D eigenvalue weighted by Gasteiger charge is 2.09. The van der Waals surface area contributed by atoms with Crippen molar-refractivity contribution < 1.29 is 0 Å². The average Bonchev–Trinajstić information content (AvgIpc) is 2.70. The number of pyridine rings is 1. The Morgan fingerprint density at radius 2 is 2.07 bits per heavy atom. The predicted molar refractivity (Wildman–Crippen MR) is 58.2 cm³/mol. The number of rotatable bonds is 2. The van der Waals surface area contributed by atoms with Crippen LogP contribution in [0.5, 0.6) is 0 Å². The van der Waals surface area contributed by atoms with E-state index in [-0.39, 0.29) is 0 Å². The van der Waals surface area contributed by atoms with E-state index in [1.165, 1.54) is 0 Å². The molecule has 0 atom stereocenters. The largest absolute Gasteiger partial charge is 0.349 e. The first-order valence-corrected chi connectivity index (χ1v) is 4.88. The van der Waals surface area contributed by atoms with Gasteiger partial charge in [-0.05, 0) is 18.6 Å². The molecule has 74 valence electrons. The summed E-state index contributed by atoms with van der Waals surface area (Å²) >= 11 is 0. The zero-order chi connectivity index (χ0) is 9.97. The van der Waals surface area contributed by atoms with Crippen LogP contribution in [0.15, 0.2) is 24.3 Å². The Morgan fingerprint density at radius 1 is 1.36 bits per heavy atom. The molecule has 1 aliphatic heterocycles. The summed E-state index contributed by atoms with van der Waals surface area (Å²) in [7, 11) is 0. The van der Waals surface area contributed by atoms with Crippen molar-refractivity contribution in [2.75, 3.05) is 18.0 Å². The van der Waals surface area contributed by atoms with Gasteiger partial charge in [0.2, 0.25) is 0 Å². The lowest BCUT2D eigenvalue weighted by atomic mass is 10.2. The molecule has 0 saturated heterocycles. The number of aromatic nitrogens is 1. The maximum atomic E-state index is 5.59. The van der Waals surface area contributed by atoms with Crippen molar-refractivity contribution in [1.29, 1.82) is 0 Å². The van der Waals surface area contributed by atoms with Gasteiger partial charge in [0.05, 0.1) is 0 Å². The highest BCUT2D eigenvalue weighted by molar-refractivity contribution is 5.44. The summed E-state index contributed by atoms with van der Waals surface area (Å²) in [5, 5.41) is 0. The molecule has 3 nitrogen and oxygen atoms in total. The molecule has 0 saturated carbocycles. The predicted octanol–water partition coefficient (Wildman–Crippen LogP) is 1.22. The number of aryl methyl sites for hydroxylation is 1. The normalized spacial score (nSPS) is 15.1. The molecule has 0 spiro atoms. The topological polar surface area (TPSA) is 42.2 Å². The molecule has 2 heterocycles. The maximum Gasteiger partial charge on any atom is 0.129 e. The van der Waals surface area contributed by atoms with Crippen molar-refractivity contribution in [2.45, 2.75) is 13.5 Å². The molecule has 2 N–H and O–H groups in total. The first-order chi connectivity index (χ1) is 6.81. The lowest BCUT2D eigenvalue weighted by Crippen LogP contribution is -2.20. The molecule has 0 amide bonds. The Morgan fingerprint density at radius 3 is 2.64 bits per heavy atom. The van der Waals surface area contributed by atoms with Crippen LogP contribution in [0.3, 0.4) is 0 Å². The molecule has 1 aromatic heterocycles. The van der Waals surface area contributed by atoms with Crippen molar-refractivity contribution in [1.82, 2.24) is 4.98 Å². The van der Waals surface area contributed by atoms with E-state index in [1.54, 1.807) is 0 Å². The fourth-order valence-electron chi connectivity index (χ4n) is 1.63. The molecule has 0 unspecified atom stereocenters. The summed E-state index contributed by atoms with van der Waals surface area (Å²) in [6.07, 6.45) is 4.32. The van der Waals surface area contributed by atoms with Gasteiger partial charge in [-0.25, -0.2) is 4.98 Å². The first kappa shape index (κ1) is 9.21. The Hall–Kier alpha value is -1.35. The van der Waals surface area contributed by atoms with Crippen LogP contribution in [0.25, 0.3) is 0 Å². The van der Waals surface area contributed by atoms with Gasteiger partial charge in [0.1, 0.15) is 5.82 Å². The van der Waals surface area contributed by atoms with Crippen LogP contribution >= 0.6 is 0 Å². The zero-order valence-corrected chi connectivity index (χ0v) is 8.40. The van der Waals surface area contributed by atoms with Crippen molar-refractivity contribution in [3.8, 4) is 0 Å². The van der Waals surface area contributed by atoms with Crippen LogP contribution in [0, 0.1) is 6.92 Å². The summed E-state index contributed by atoms with van der Waals surface area (Å²) in [4.78, 5) is 6.76. The maximum absolute atomic E-state index is 5.59. The summed E-state index contributed by atoms with van der Waals surface area (Å²) in [6, 6.07) is 4.11. The van der Waals surface area contributed by atoms with Crippen molar-refractivity contribution >= 4 is 5.82 Å². The highest BCUT2D eigenvalue weighted by atomic mass is 15.2. The van der Waals surface area contributed by atoms with Crippen LogP contribution in [0.2, 0.25) is 0 Å². The van der Waals surface area contributed by atoms with Gasteiger partial charge in [0.15, 0.2) is 0 Å². The Kier molecular flexibility index (Phi) is 2.50. The number of hydrogen-bond donors (Lipinski definition) is 1. The minimum Gasteiger partial charge on any atom is -0.349 e. The second-order valence-corrected chi connectivity index (χ2v) is 3.49. The van der Waals surface area contributed by atoms with Gasteiger partial charge < -0.3 is 10.6 Å². The minimum atomic E-state index is 0.567. The monoisotopic (exact) mass is 189 g/mol. The first-order valence-electron chi connectivity index (χ1n) is 4.88. The summed E-state index contributed by atoms with van der Waals surface area (Å²) in [5.41, 5.74) is 7.75. The standard InChI is InChI=1S/C11H15N3/c1-9-10(8-12)4-5-11(13-9)14-6-2-3-7-14/h2-5H,6-8,12H2,1H3. The summed E-state index contributed by atoms with van der Waals surface area (Å²) in [5.74, 6) is 1.05. The smallest absolute Gasteiger partial charge is 0.129 e. The second kappa shape index (κ2) is 3.80. The van der Waals surface area contributed by atoms with Gasteiger partial charge in [0, 0.05) is 25.3 Å². The van der Waals surface area contributed by atoms with E-state index in [4.69, 9.17) is 5.73 Å². The molecule has 0 bridgehead atoms. The van der Waals surface area contributed by atoms with Gasteiger partial charge in [0.25, 0.3) is 0 Å². The van der Waals surface area contributed by atoms with Crippen LogP contribution in [-0.4, -0.2) is 18.1 Å². The van der Waals surface area contributed by atoms with Crippen LogP contribution in [0.1, 0.15) is 11.3 Å². The Bertz CT molecular complexity index is 350. The second-order valence-electron chi connectivity index (χ2n) is 3.49. The molecular weight excluding hydrogens is 174 g/mol.